The molecule has 10 heteroatoms. The minimum Gasteiger partial charge on any atom is -0.497 e. The van der Waals surface area contributed by atoms with Gasteiger partial charge in [-0.3, -0.25) is 0 Å². The van der Waals surface area contributed by atoms with E-state index in [2.05, 4.69) is 39.3 Å². The molecule has 1 aliphatic heterocycles. The van der Waals surface area contributed by atoms with Gasteiger partial charge >= 0.3 is 6.03 Å². The molecule has 0 saturated heterocycles. The fraction of sp³-hybridized carbons (Fsp3) is 0.269. The van der Waals surface area contributed by atoms with Gasteiger partial charge in [0.25, 0.3) is 10.0 Å². The number of anilines is 3. The first-order valence-corrected chi connectivity index (χ1v) is 13.0. The Morgan fingerprint density at radius 3 is 2.39 bits per heavy atom. The van der Waals surface area contributed by atoms with Crippen LogP contribution in [-0.2, 0) is 16.4 Å². The number of ether oxygens (including phenoxy) is 1. The predicted molar refractivity (Wildman–Crippen MR) is 144 cm³/mol. The SMILES string of the molecule is CCC1Nc2ccc(OC)cc2N1c1ccc(CCNC(=O)NS(=O)(=O)c2ccc(C)cc2)cc1.[Na]. The summed E-state index contributed by atoms with van der Waals surface area (Å²) in [7, 11) is -2.25. The molecule has 3 aromatic rings. The quantitative estimate of drug-likeness (QED) is 0.388. The normalized spacial score (nSPS) is 14.3. The summed E-state index contributed by atoms with van der Waals surface area (Å²) in [4.78, 5) is 14.4. The summed E-state index contributed by atoms with van der Waals surface area (Å²) in [5.41, 5.74) is 5.15. The molecule has 0 fully saturated rings. The van der Waals surface area contributed by atoms with Gasteiger partial charge in [0.1, 0.15) is 11.9 Å². The molecule has 1 atom stereocenters. The molecule has 0 saturated carbocycles. The summed E-state index contributed by atoms with van der Waals surface area (Å²) >= 11 is 0. The Morgan fingerprint density at radius 2 is 1.75 bits per heavy atom. The van der Waals surface area contributed by atoms with Gasteiger partial charge in [-0.15, -0.1) is 0 Å². The monoisotopic (exact) mass is 517 g/mol. The number of amides is 2. The smallest absolute Gasteiger partial charge is 0.328 e. The molecule has 36 heavy (non-hydrogen) atoms. The summed E-state index contributed by atoms with van der Waals surface area (Å²) in [6.07, 6.45) is 1.63. The molecule has 0 aromatic heterocycles. The number of fused-ring (bicyclic) bond motifs is 1. The molecular formula is C26H30N4NaO4S. The van der Waals surface area contributed by atoms with Crippen LogP contribution in [0.3, 0.4) is 0 Å². The Morgan fingerprint density at radius 1 is 1.06 bits per heavy atom. The third-order valence-electron chi connectivity index (χ3n) is 5.96. The number of nitrogens with zero attached hydrogens (tertiary/aromatic N) is 1. The van der Waals surface area contributed by atoms with Gasteiger partial charge in [-0.1, -0.05) is 36.8 Å². The number of rotatable bonds is 8. The molecule has 0 spiro atoms. The fourth-order valence-electron chi connectivity index (χ4n) is 4.05. The maximum Gasteiger partial charge on any atom is 0.328 e. The number of hydrogen-bond acceptors (Lipinski definition) is 6. The summed E-state index contributed by atoms with van der Waals surface area (Å²) in [5.74, 6) is 0.803. The molecular weight excluding hydrogens is 487 g/mol. The summed E-state index contributed by atoms with van der Waals surface area (Å²) in [6.45, 7) is 4.30. The maximum atomic E-state index is 12.3. The average Bonchev–Trinajstić information content (AvgIpc) is 3.22. The van der Waals surface area contributed by atoms with Gasteiger partial charge in [0, 0.05) is 47.9 Å². The first-order valence-electron chi connectivity index (χ1n) is 11.5. The van der Waals surface area contributed by atoms with Crippen LogP contribution in [0.25, 0.3) is 0 Å². The van der Waals surface area contributed by atoms with Gasteiger partial charge in [-0.25, -0.2) is 17.9 Å². The van der Waals surface area contributed by atoms with Crippen molar-refractivity contribution >= 4 is 62.7 Å². The van der Waals surface area contributed by atoms with Gasteiger partial charge in [-0.2, -0.15) is 0 Å². The molecule has 4 rings (SSSR count). The van der Waals surface area contributed by atoms with E-state index in [-0.39, 0.29) is 40.6 Å². The Labute approximate surface area is 234 Å². The van der Waals surface area contributed by atoms with E-state index in [4.69, 9.17) is 4.74 Å². The van der Waals surface area contributed by atoms with Crippen molar-refractivity contribution in [3.8, 4) is 5.75 Å². The zero-order valence-corrected chi connectivity index (χ0v) is 23.9. The van der Waals surface area contributed by atoms with Crippen LogP contribution in [0.15, 0.2) is 71.6 Å². The van der Waals surface area contributed by atoms with Crippen molar-refractivity contribution in [2.24, 2.45) is 0 Å². The van der Waals surface area contributed by atoms with Gasteiger partial charge in [0.2, 0.25) is 0 Å². The first kappa shape index (κ1) is 27.9. The summed E-state index contributed by atoms with van der Waals surface area (Å²) in [6, 6.07) is 19.7. The molecule has 0 bridgehead atoms. The van der Waals surface area contributed by atoms with Crippen molar-refractivity contribution < 1.29 is 17.9 Å². The molecule has 0 aliphatic carbocycles. The number of methoxy groups -OCH3 is 1. The van der Waals surface area contributed by atoms with Gasteiger partial charge in [-0.05, 0) is 61.7 Å². The Kier molecular flexibility index (Phi) is 9.30. The molecule has 1 radical (unpaired) electrons. The summed E-state index contributed by atoms with van der Waals surface area (Å²) in [5, 5.41) is 6.16. The van der Waals surface area contributed by atoms with Crippen molar-refractivity contribution in [1.29, 1.82) is 0 Å². The number of nitrogens with one attached hydrogen (secondary N) is 3. The number of aryl methyl sites for hydroxylation is 1. The third kappa shape index (κ3) is 6.34. The van der Waals surface area contributed by atoms with Crippen LogP contribution in [0.5, 0.6) is 5.75 Å². The predicted octanol–water partition coefficient (Wildman–Crippen LogP) is 4.15. The second-order valence-electron chi connectivity index (χ2n) is 8.41. The van der Waals surface area contributed by atoms with Crippen LogP contribution in [0, 0.1) is 6.92 Å². The van der Waals surface area contributed by atoms with Gasteiger partial charge in [0.15, 0.2) is 0 Å². The standard InChI is InChI=1S/C26H30N4O4S.Na/c1-4-25-28-23-14-11-21(34-3)17-24(23)30(25)20-9-7-19(8-10-20)15-16-27-26(31)29-35(32,33)22-12-5-18(2)6-13-22;/h5-14,17,25,28H,4,15-16H2,1-3H3,(H2,27,29,31);. The van der Waals surface area contributed by atoms with Crippen LogP contribution in [0.2, 0.25) is 0 Å². The molecule has 1 unspecified atom stereocenters. The zero-order chi connectivity index (χ0) is 25.0. The van der Waals surface area contributed by atoms with Crippen molar-refractivity contribution in [3.05, 3.63) is 77.9 Å². The van der Waals surface area contributed by atoms with Crippen LogP contribution in [0.1, 0.15) is 24.5 Å². The van der Waals surface area contributed by atoms with Crippen LogP contribution in [-0.4, -0.2) is 63.8 Å². The number of benzene rings is 3. The van der Waals surface area contributed by atoms with E-state index < -0.39 is 16.1 Å². The minimum absolute atomic E-state index is 0. The van der Waals surface area contributed by atoms with Crippen LogP contribution in [0.4, 0.5) is 21.9 Å². The van der Waals surface area contributed by atoms with E-state index in [9.17, 15) is 13.2 Å². The maximum absolute atomic E-state index is 12.3. The number of urea groups is 1. The van der Waals surface area contributed by atoms with E-state index >= 15 is 0 Å². The van der Waals surface area contributed by atoms with E-state index in [0.29, 0.717) is 13.0 Å². The van der Waals surface area contributed by atoms with E-state index in [1.807, 2.05) is 37.3 Å². The molecule has 2 amide bonds. The molecule has 8 nitrogen and oxygen atoms in total. The van der Waals surface area contributed by atoms with E-state index in [1.165, 1.54) is 12.1 Å². The number of sulfonamides is 1. The van der Waals surface area contributed by atoms with Gasteiger partial charge < -0.3 is 20.3 Å². The Hall–Kier alpha value is -2.72. The first-order chi connectivity index (χ1) is 16.8. The zero-order valence-electron chi connectivity index (χ0n) is 21.0. The molecule has 1 aliphatic rings. The van der Waals surface area contributed by atoms with E-state index in [0.717, 1.165) is 40.4 Å². The molecule has 185 valence electrons. The Bertz CT molecular complexity index is 1300. The number of hydrogen-bond donors (Lipinski definition) is 3. The average molecular weight is 518 g/mol. The number of carbonyl (C=O) groups is 1. The minimum atomic E-state index is -3.91. The van der Waals surface area contributed by atoms with Crippen molar-refractivity contribution in [1.82, 2.24) is 10.0 Å². The second-order valence-corrected chi connectivity index (χ2v) is 10.1. The van der Waals surface area contributed by atoms with Crippen LogP contribution >= 0.6 is 0 Å². The largest absolute Gasteiger partial charge is 0.497 e. The molecule has 3 aromatic carbocycles. The second kappa shape index (κ2) is 12.0. The number of carbonyl (C=O) groups excluding carboxylic acids is 1. The van der Waals surface area contributed by atoms with Crippen molar-refractivity contribution in [3.63, 3.8) is 0 Å². The van der Waals surface area contributed by atoms with Crippen LogP contribution < -0.4 is 25.0 Å². The van der Waals surface area contributed by atoms with Gasteiger partial charge in [0.05, 0.1) is 23.4 Å². The molecule has 3 N–H and O–H groups in total. The van der Waals surface area contributed by atoms with Crippen molar-refractivity contribution in [2.45, 2.75) is 37.8 Å². The molecule has 1 heterocycles. The summed E-state index contributed by atoms with van der Waals surface area (Å²) < 4.78 is 32.1. The van der Waals surface area contributed by atoms with Crippen molar-refractivity contribution in [2.75, 3.05) is 23.9 Å². The topological polar surface area (TPSA) is 99.8 Å². The fourth-order valence-corrected chi connectivity index (χ4v) is 4.98. The third-order valence-corrected chi connectivity index (χ3v) is 7.30. The van der Waals surface area contributed by atoms with E-state index in [1.54, 1.807) is 19.2 Å². The Balaban J connectivity index is 0.00000361.